The highest BCUT2D eigenvalue weighted by Gasteiger charge is 2.25. The molecule has 0 aliphatic carbocycles. The van der Waals surface area contributed by atoms with E-state index in [1.807, 2.05) is 61.5 Å². The first kappa shape index (κ1) is 20.5. The summed E-state index contributed by atoms with van der Waals surface area (Å²) in [6, 6.07) is 17.4. The number of nitrogens with zero attached hydrogens (tertiary/aromatic N) is 3. The van der Waals surface area contributed by atoms with E-state index in [0.29, 0.717) is 18.7 Å². The van der Waals surface area contributed by atoms with Crippen LogP contribution in [0, 0.1) is 0 Å². The van der Waals surface area contributed by atoms with E-state index in [0.717, 1.165) is 41.3 Å². The summed E-state index contributed by atoms with van der Waals surface area (Å²) in [5.74, 6) is 0.0430. The molecule has 30 heavy (non-hydrogen) atoms. The number of carbonyl (C=O) groups is 2. The number of piperidine rings is 1. The lowest BCUT2D eigenvalue weighted by Crippen LogP contribution is -2.48. The van der Waals surface area contributed by atoms with Gasteiger partial charge in [-0.05, 0) is 44.0 Å². The smallest absolute Gasteiger partial charge is 0.251 e. The van der Waals surface area contributed by atoms with Crippen molar-refractivity contribution in [3.05, 3.63) is 60.2 Å². The topological polar surface area (TPSA) is 65.5 Å². The monoisotopic (exact) mass is 422 g/mol. The van der Waals surface area contributed by atoms with Crippen molar-refractivity contribution in [2.75, 3.05) is 31.1 Å². The molecule has 1 saturated heterocycles. The molecule has 3 aromatic rings. The second kappa shape index (κ2) is 9.36. The number of carbonyl (C=O) groups excluding carboxylic acids is 2. The molecule has 1 aliphatic rings. The number of benzene rings is 2. The van der Waals surface area contributed by atoms with E-state index in [2.05, 4.69) is 15.2 Å². The van der Waals surface area contributed by atoms with Crippen LogP contribution in [-0.4, -0.2) is 53.9 Å². The molecule has 4 rings (SSSR count). The fourth-order valence-electron chi connectivity index (χ4n) is 3.76. The molecule has 7 heteroatoms. The molecule has 156 valence electrons. The standard InChI is InChI=1S/C23H26N4O2S/c1-2-27(23-25-19-10-6-7-11-20(19)30-23)21(28)16-26-14-12-18(13-15-26)24-22(29)17-8-4-3-5-9-17/h3-11,18H,2,12-16H2,1H3,(H,24,29). The zero-order valence-corrected chi connectivity index (χ0v) is 17.9. The van der Waals surface area contributed by atoms with Crippen LogP contribution >= 0.6 is 11.3 Å². The van der Waals surface area contributed by atoms with Gasteiger partial charge in [-0.2, -0.15) is 0 Å². The predicted molar refractivity (Wildman–Crippen MR) is 121 cm³/mol. The zero-order chi connectivity index (χ0) is 20.9. The van der Waals surface area contributed by atoms with Crippen molar-refractivity contribution in [1.82, 2.24) is 15.2 Å². The summed E-state index contributed by atoms with van der Waals surface area (Å²) in [6.07, 6.45) is 1.69. The second-order valence-electron chi connectivity index (χ2n) is 7.49. The Morgan fingerprint density at radius 3 is 2.50 bits per heavy atom. The molecule has 0 unspecified atom stereocenters. The molecule has 6 nitrogen and oxygen atoms in total. The fraction of sp³-hybridized carbons (Fsp3) is 0.348. The first-order valence-electron chi connectivity index (χ1n) is 10.4. The summed E-state index contributed by atoms with van der Waals surface area (Å²) >= 11 is 1.55. The molecule has 1 fully saturated rings. The average molecular weight is 423 g/mol. The van der Waals surface area contributed by atoms with Crippen molar-refractivity contribution in [1.29, 1.82) is 0 Å². The van der Waals surface area contributed by atoms with Gasteiger partial charge in [-0.25, -0.2) is 4.98 Å². The van der Waals surface area contributed by atoms with Crippen molar-refractivity contribution >= 4 is 38.5 Å². The first-order valence-corrected chi connectivity index (χ1v) is 11.2. The van der Waals surface area contributed by atoms with E-state index in [1.54, 1.807) is 16.2 Å². The minimum absolute atomic E-state index is 0.0295. The van der Waals surface area contributed by atoms with Crippen molar-refractivity contribution in [3.8, 4) is 0 Å². The van der Waals surface area contributed by atoms with E-state index >= 15 is 0 Å². The van der Waals surface area contributed by atoms with Crippen LogP contribution in [0.1, 0.15) is 30.1 Å². The molecule has 1 N–H and O–H groups in total. The van der Waals surface area contributed by atoms with E-state index in [-0.39, 0.29) is 17.9 Å². The van der Waals surface area contributed by atoms with Gasteiger partial charge in [-0.3, -0.25) is 19.4 Å². The van der Waals surface area contributed by atoms with Crippen LogP contribution in [0.3, 0.4) is 0 Å². The number of amides is 2. The van der Waals surface area contributed by atoms with Gasteiger partial charge in [-0.1, -0.05) is 41.7 Å². The van der Waals surface area contributed by atoms with Gasteiger partial charge < -0.3 is 5.32 Å². The molecule has 2 amide bonds. The molecule has 1 aliphatic heterocycles. The van der Waals surface area contributed by atoms with Crippen LogP contribution < -0.4 is 10.2 Å². The molecule has 1 aromatic heterocycles. The molecular weight excluding hydrogens is 396 g/mol. The number of hydrogen-bond donors (Lipinski definition) is 1. The molecule has 0 saturated carbocycles. The van der Waals surface area contributed by atoms with Gasteiger partial charge in [0.25, 0.3) is 5.91 Å². The zero-order valence-electron chi connectivity index (χ0n) is 17.1. The highest BCUT2D eigenvalue weighted by atomic mass is 32.1. The van der Waals surface area contributed by atoms with Gasteiger partial charge >= 0.3 is 0 Å². The van der Waals surface area contributed by atoms with Gasteiger partial charge in [0.1, 0.15) is 0 Å². The summed E-state index contributed by atoms with van der Waals surface area (Å²) in [7, 11) is 0. The normalized spacial score (nSPS) is 15.2. The van der Waals surface area contributed by atoms with Gasteiger partial charge in [-0.15, -0.1) is 0 Å². The van der Waals surface area contributed by atoms with Crippen LogP contribution in [-0.2, 0) is 4.79 Å². The van der Waals surface area contributed by atoms with Gasteiger partial charge in [0.15, 0.2) is 5.13 Å². The minimum atomic E-state index is -0.0295. The number of fused-ring (bicyclic) bond motifs is 1. The molecule has 0 atom stereocenters. The van der Waals surface area contributed by atoms with Crippen molar-refractivity contribution in [2.24, 2.45) is 0 Å². The molecule has 0 bridgehead atoms. The van der Waals surface area contributed by atoms with E-state index in [9.17, 15) is 9.59 Å². The number of anilines is 1. The van der Waals surface area contributed by atoms with Crippen LogP contribution in [0.5, 0.6) is 0 Å². The SMILES string of the molecule is CCN(C(=O)CN1CCC(NC(=O)c2ccccc2)CC1)c1nc2ccccc2s1. The highest BCUT2D eigenvalue weighted by molar-refractivity contribution is 7.22. The number of thiazole rings is 1. The first-order chi connectivity index (χ1) is 14.6. The number of likely N-dealkylation sites (N-methyl/N-ethyl adjacent to an activating group) is 1. The highest BCUT2D eigenvalue weighted by Crippen LogP contribution is 2.28. The van der Waals surface area contributed by atoms with Gasteiger partial charge in [0.05, 0.1) is 16.8 Å². The number of likely N-dealkylation sites (tertiary alicyclic amines) is 1. The Kier molecular flexibility index (Phi) is 6.40. The van der Waals surface area contributed by atoms with E-state index < -0.39 is 0 Å². The van der Waals surface area contributed by atoms with Crippen LogP contribution in [0.2, 0.25) is 0 Å². The third-order valence-corrected chi connectivity index (χ3v) is 6.51. The van der Waals surface area contributed by atoms with Crippen molar-refractivity contribution in [3.63, 3.8) is 0 Å². The minimum Gasteiger partial charge on any atom is -0.349 e. The lowest BCUT2D eigenvalue weighted by atomic mass is 10.0. The Balaban J connectivity index is 1.30. The van der Waals surface area contributed by atoms with E-state index in [4.69, 9.17) is 0 Å². The number of para-hydroxylation sites is 1. The van der Waals surface area contributed by atoms with Crippen LogP contribution in [0.15, 0.2) is 54.6 Å². The molecule has 2 heterocycles. The van der Waals surface area contributed by atoms with Gasteiger partial charge in [0, 0.05) is 31.2 Å². The summed E-state index contributed by atoms with van der Waals surface area (Å²) in [5, 5.41) is 3.87. The van der Waals surface area contributed by atoms with Crippen molar-refractivity contribution in [2.45, 2.75) is 25.8 Å². The summed E-state index contributed by atoms with van der Waals surface area (Å²) < 4.78 is 1.09. The summed E-state index contributed by atoms with van der Waals surface area (Å²) in [5.41, 5.74) is 1.61. The Morgan fingerprint density at radius 2 is 1.80 bits per heavy atom. The molecule has 0 spiro atoms. The third kappa shape index (κ3) is 4.68. The van der Waals surface area contributed by atoms with Crippen LogP contribution in [0.4, 0.5) is 5.13 Å². The number of hydrogen-bond acceptors (Lipinski definition) is 5. The number of rotatable bonds is 6. The predicted octanol–water partition coefficient (Wildman–Crippen LogP) is 3.54. The lowest BCUT2D eigenvalue weighted by molar-refractivity contribution is -0.120. The Hall–Kier alpha value is -2.77. The number of aromatic nitrogens is 1. The third-order valence-electron chi connectivity index (χ3n) is 5.45. The van der Waals surface area contributed by atoms with Gasteiger partial charge in [0.2, 0.25) is 5.91 Å². The fourth-order valence-corrected chi connectivity index (χ4v) is 4.81. The lowest BCUT2D eigenvalue weighted by Gasteiger charge is -2.33. The maximum Gasteiger partial charge on any atom is 0.251 e. The Labute approximate surface area is 180 Å². The Morgan fingerprint density at radius 1 is 1.10 bits per heavy atom. The Bertz CT molecular complexity index is 979. The number of nitrogens with one attached hydrogen (secondary N) is 1. The summed E-state index contributed by atoms with van der Waals surface area (Å²) in [6.45, 7) is 4.55. The van der Waals surface area contributed by atoms with Crippen LogP contribution in [0.25, 0.3) is 10.2 Å². The second-order valence-corrected chi connectivity index (χ2v) is 8.50. The molecule has 2 aromatic carbocycles. The average Bonchev–Trinajstić information content (AvgIpc) is 3.20. The maximum atomic E-state index is 12.9. The molecule has 0 radical (unpaired) electrons. The largest absolute Gasteiger partial charge is 0.349 e. The van der Waals surface area contributed by atoms with E-state index in [1.165, 1.54) is 0 Å². The summed E-state index contributed by atoms with van der Waals surface area (Å²) in [4.78, 5) is 33.9. The maximum absolute atomic E-state index is 12.9. The molecular formula is C23H26N4O2S. The quantitative estimate of drug-likeness (QED) is 0.660. The van der Waals surface area contributed by atoms with Crippen molar-refractivity contribution < 1.29 is 9.59 Å².